The zero-order valence-corrected chi connectivity index (χ0v) is 35.6. The Morgan fingerprint density at radius 1 is 0.484 bits per heavy atom. The van der Waals surface area contributed by atoms with Crippen LogP contribution in [-0.2, 0) is 52.7 Å². The van der Waals surface area contributed by atoms with Crippen molar-refractivity contribution in [2.24, 2.45) is 0 Å². The molecule has 24 nitrogen and oxygen atoms in total. The van der Waals surface area contributed by atoms with E-state index < -0.39 is 147 Å². The van der Waals surface area contributed by atoms with Crippen molar-refractivity contribution in [3.8, 4) is 0 Å². The number of aliphatic hydroxyl groups excluding tert-OH is 2. The first-order chi connectivity index (χ1) is 29.1. The number of carbonyl (C=O) groups excluding carboxylic acids is 10. The Kier molecular flexibility index (Phi) is 27.9. The summed E-state index contributed by atoms with van der Waals surface area (Å²) in [6.45, 7) is 3.49. The summed E-state index contributed by atoms with van der Waals surface area (Å²) >= 11 is 0. The number of aliphatic carboxylic acids is 1. The number of nitrogens with one attached hydrogen (secondary N) is 4. The number of aliphatic hydroxyl groups is 2. The van der Waals surface area contributed by atoms with E-state index in [2.05, 4.69) is 17.6 Å². The van der Waals surface area contributed by atoms with E-state index in [4.69, 9.17) is 0 Å². The van der Waals surface area contributed by atoms with Crippen LogP contribution in [0.3, 0.4) is 0 Å². The Morgan fingerprint density at radius 3 is 1.21 bits per heavy atom. The van der Waals surface area contributed by atoms with Gasteiger partial charge in [0, 0.05) is 40.0 Å². The number of carboxylic acids is 1. The van der Waals surface area contributed by atoms with Crippen LogP contribution in [-0.4, -0.2) is 148 Å². The average Bonchev–Trinajstić information content (AvgIpc) is 3.21. The zero-order chi connectivity index (χ0) is 47.5. The van der Waals surface area contributed by atoms with Gasteiger partial charge in [0.15, 0.2) is 0 Å². The molecule has 0 aromatic carbocycles. The lowest BCUT2D eigenvalue weighted by Crippen LogP contribution is -2.58. The summed E-state index contributed by atoms with van der Waals surface area (Å²) in [6, 6.07) is -7.42. The molecule has 0 aliphatic carbocycles. The van der Waals surface area contributed by atoms with Crippen molar-refractivity contribution >= 4 is 65.0 Å². The van der Waals surface area contributed by atoms with E-state index in [9.17, 15) is 83.7 Å². The summed E-state index contributed by atoms with van der Waals surface area (Å²) in [4.78, 5) is 136. The lowest BCUT2D eigenvalue weighted by Gasteiger charge is -2.26. The van der Waals surface area contributed by atoms with Gasteiger partial charge in [0.05, 0.1) is 19.1 Å². The maximum atomic E-state index is 13.7. The van der Waals surface area contributed by atoms with E-state index in [0.717, 1.165) is 59.3 Å². The monoisotopic (exact) mass is 889 g/mol. The van der Waals surface area contributed by atoms with Crippen molar-refractivity contribution in [2.45, 2.75) is 167 Å². The van der Waals surface area contributed by atoms with Crippen LogP contribution in [0.15, 0.2) is 0 Å². The minimum absolute atomic E-state index is 0.233. The molecule has 0 saturated heterocycles. The minimum Gasteiger partial charge on any atom is -0.480 e. The van der Waals surface area contributed by atoms with Gasteiger partial charge < -0.3 is 36.6 Å². The third-order valence-corrected chi connectivity index (χ3v) is 9.32. The average molecular weight is 890 g/mol. The number of carboxylic acid groups (broad SMARTS) is 1. The van der Waals surface area contributed by atoms with E-state index in [0.29, 0.717) is 6.42 Å². The van der Waals surface area contributed by atoms with Crippen molar-refractivity contribution in [1.82, 2.24) is 36.5 Å². The largest absolute Gasteiger partial charge is 0.480 e. The van der Waals surface area contributed by atoms with Crippen molar-refractivity contribution in [2.75, 3.05) is 6.61 Å². The standard InChI is InChI=1S/C38H63N7O17/c1-5-6-7-8-9-10-11-12-13-14-26(50)21-31(51)39-27(15-18-32(52)43(60)23(2)47)35(55)40-28(16-19-33(53)44(61)24(3)48)36(56)42-30(22-46)37(57)41-29(38(58)59)17-20-34(54)45(62)25(4)49/h26-30,46,50,60-62H,5-22H2,1-4H3,(H,39,51)(H,40,55)(H,41,57)(H,42,56)(H,58,59)/t26?,27-,28-,29-,30-/m0/s1. The van der Waals surface area contributed by atoms with E-state index in [1.807, 2.05) is 10.6 Å². The second-order valence-corrected chi connectivity index (χ2v) is 14.6. The van der Waals surface area contributed by atoms with Crippen molar-refractivity contribution in [3.05, 3.63) is 0 Å². The molecule has 10 N–H and O–H groups in total. The van der Waals surface area contributed by atoms with E-state index in [1.165, 1.54) is 12.8 Å². The van der Waals surface area contributed by atoms with Crippen LogP contribution in [0.25, 0.3) is 0 Å². The van der Waals surface area contributed by atoms with Crippen molar-refractivity contribution in [3.63, 3.8) is 0 Å². The molecule has 0 bridgehead atoms. The fraction of sp³-hybridized carbons (Fsp3) is 0.711. The summed E-state index contributed by atoms with van der Waals surface area (Å²) in [5.41, 5.74) is 0. The van der Waals surface area contributed by atoms with Crippen LogP contribution >= 0.6 is 0 Å². The molecule has 0 aliphatic heterocycles. The normalized spacial score (nSPS) is 13.2. The molecule has 0 aromatic rings. The number of hydroxylamine groups is 6. The van der Waals surface area contributed by atoms with E-state index >= 15 is 0 Å². The molecule has 352 valence electrons. The fourth-order valence-electron chi connectivity index (χ4n) is 5.71. The van der Waals surface area contributed by atoms with Crippen LogP contribution in [0.4, 0.5) is 0 Å². The van der Waals surface area contributed by atoms with Crippen molar-refractivity contribution < 1.29 is 83.7 Å². The molecule has 24 heteroatoms. The van der Waals surface area contributed by atoms with Gasteiger partial charge >= 0.3 is 5.97 Å². The number of unbranched alkanes of at least 4 members (excludes halogenated alkanes) is 8. The van der Waals surface area contributed by atoms with Gasteiger partial charge in [0.25, 0.3) is 17.7 Å². The smallest absolute Gasteiger partial charge is 0.326 e. The van der Waals surface area contributed by atoms with Crippen LogP contribution in [0.5, 0.6) is 0 Å². The van der Waals surface area contributed by atoms with Crippen molar-refractivity contribution in [1.29, 1.82) is 0 Å². The highest BCUT2D eigenvalue weighted by Crippen LogP contribution is 2.13. The Bertz CT molecular complexity index is 1560. The molecule has 5 atom stereocenters. The first-order valence-electron chi connectivity index (χ1n) is 20.4. The molecule has 0 saturated carbocycles. The predicted octanol–water partition coefficient (Wildman–Crippen LogP) is -0.692. The quantitative estimate of drug-likeness (QED) is 0.0242. The molecule has 10 amide bonds. The molecule has 62 heavy (non-hydrogen) atoms. The molecule has 0 aliphatic rings. The lowest BCUT2D eigenvalue weighted by atomic mass is 10.0. The molecular formula is C38H63N7O17. The third-order valence-electron chi connectivity index (χ3n) is 9.32. The molecule has 0 radical (unpaired) electrons. The SMILES string of the molecule is CCCCCCCCCCCC(O)CC(=O)N[C@@H](CCC(=O)N(O)C(C)=O)C(=O)N[C@@H](CCC(=O)N(O)C(C)=O)C(=O)N[C@@H](CO)C(=O)N[C@@H](CCC(=O)N(O)C(C)=O)C(=O)O. The topological polar surface area (TPSA) is 367 Å². The highest BCUT2D eigenvalue weighted by molar-refractivity contribution is 5.97. The summed E-state index contributed by atoms with van der Waals surface area (Å²) in [5, 5.41) is 66.7. The fourth-order valence-corrected chi connectivity index (χ4v) is 5.71. The summed E-state index contributed by atoms with van der Waals surface area (Å²) in [7, 11) is 0. The number of carbonyl (C=O) groups is 11. The van der Waals surface area contributed by atoms with Gasteiger partial charge in [0.2, 0.25) is 41.4 Å². The van der Waals surface area contributed by atoms with Gasteiger partial charge in [-0.1, -0.05) is 64.7 Å². The van der Waals surface area contributed by atoms with Crippen LogP contribution in [0.2, 0.25) is 0 Å². The minimum atomic E-state index is -1.96. The van der Waals surface area contributed by atoms with E-state index in [1.54, 1.807) is 0 Å². The molecule has 0 fully saturated rings. The summed E-state index contributed by atoms with van der Waals surface area (Å²) < 4.78 is 0. The Hall–Kier alpha value is -5.43. The lowest BCUT2D eigenvalue weighted by molar-refractivity contribution is -0.178. The second kappa shape index (κ2) is 30.6. The van der Waals surface area contributed by atoms with Crippen LogP contribution in [0.1, 0.15) is 137 Å². The van der Waals surface area contributed by atoms with E-state index in [-0.39, 0.29) is 21.6 Å². The Labute approximate surface area is 358 Å². The number of rotatable bonds is 30. The number of amides is 10. The first kappa shape index (κ1) is 56.6. The molecule has 0 spiro atoms. The molecule has 0 aromatic heterocycles. The summed E-state index contributed by atoms with van der Waals surface area (Å²) in [6.07, 6.45) is 3.48. The zero-order valence-electron chi connectivity index (χ0n) is 35.6. The van der Waals surface area contributed by atoms with Gasteiger partial charge in [-0.15, -0.1) is 0 Å². The molecule has 0 rings (SSSR count). The van der Waals surface area contributed by atoms with Gasteiger partial charge in [-0.05, 0) is 25.7 Å². The van der Waals surface area contributed by atoms with Gasteiger partial charge in [-0.25, -0.2) is 4.79 Å². The third kappa shape index (κ3) is 23.0. The van der Waals surface area contributed by atoms with Gasteiger partial charge in [-0.3, -0.25) is 63.6 Å². The predicted molar refractivity (Wildman–Crippen MR) is 211 cm³/mol. The molecule has 1 unspecified atom stereocenters. The maximum absolute atomic E-state index is 13.7. The molecule has 0 heterocycles. The van der Waals surface area contributed by atoms with Gasteiger partial charge in [-0.2, -0.15) is 15.2 Å². The Balaban J connectivity index is 6.16. The highest BCUT2D eigenvalue weighted by Gasteiger charge is 2.33. The maximum Gasteiger partial charge on any atom is 0.326 e. The first-order valence-corrected chi connectivity index (χ1v) is 20.4. The Morgan fingerprint density at radius 2 is 0.823 bits per heavy atom. The number of imide groups is 3. The highest BCUT2D eigenvalue weighted by atomic mass is 16.5. The van der Waals surface area contributed by atoms with Crippen LogP contribution in [0, 0.1) is 0 Å². The van der Waals surface area contributed by atoms with Gasteiger partial charge in [0.1, 0.15) is 24.2 Å². The van der Waals surface area contributed by atoms with Crippen LogP contribution < -0.4 is 21.3 Å². The number of hydrogen-bond donors (Lipinski definition) is 10. The number of nitrogens with zero attached hydrogens (tertiary/aromatic N) is 3. The summed E-state index contributed by atoms with van der Waals surface area (Å²) in [5.74, 6) is -13.3. The molecular weight excluding hydrogens is 826 g/mol. The second-order valence-electron chi connectivity index (χ2n) is 14.6. The number of hydrogen-bond acceptors (Lipinski definition) is 16.